The highest BCUT2D eigenvalue weighted by Crippen LogP contribution is 2.37. The maximum atomic E-state index is 12.4. The van der Waals surface area contributed by atoms with E-state index in [0.29, 0.717) is 11.6 Å². The minimum Gasteiger partial charge on any atom is -0.312 e. The highest BCUT2D eigenvalue weighted by atomic mass is 19.4. The van der Waals surface area contributed by atoms with Gasteiger partial charge in [0.15, 0.2) is 0 Å². The van der Waals surface area contributed by atoms with Gasteiger partial charge in [-0.1, -0.05) is 12.8 Å². The van der Waals surface area contributed by atoms with Crippen LogP contribution in [-0.2, 0) is 6.18 Å². The molecule has 0 amide bonds. The van der Waals surface area contributed by atoms with Gasteiger partial charge in [0.05, 0.1) is 11.3 Å². The minimum atomic E-state index is -4.31. The Labute approximate surface area is 98.2 Å². The van der Waals surface area contributed by atoms with Crippen LogP contribution in [0.1, 0.15) is 36.6 Å². The maximum Gasteiger partial charge on any atom is 0.417 e. The highest BCUT2D eigenvalue weighted by molar-refractivity contribution is 5.19. The molecule has 1 saturated carbocycles. The quantitative estimate of drug-likeness (QED) is 0.880. The molecule has 1 aromatic rings. The standard InChI is InChI=1S/C12H15F3N2/c1-16-11(6-8-2-3-8)10-5-4-9(7-17-10)12(13,14)15/h4-5,7-8,11,16H,2-3,6H2,1H3/t11-/m1/s1. The van der Waals surface area contributed by atoms with E-state index in [-0.39, 0.29) is 6.04 Å². The first-order valence-corrected chi connectivity index (χ1v) is 5.71. The number of hydrogen-bond donors (Lipinski definition) is 1. The van der Waals surface area contributed by atoms with Crippen LogP contribution in [0.2, 0.25) is 0 Å². The maximum absolute atomic E-state index is 12.4. The smallest absolute Gasteiger partial charge is 0.312 e. The van der Waals surface area contributed by atoms with Crippen LogP contribution in [0.15, 0.2) is 18.3 Å². The van der Waals surface area contributed by atoms with E-state index < -0.39 is 11.7 Å². The van der Waals surface area contributed by atoms with Gasteiger partial charge >= 0.3 is 6.18 Å². The summed E-state index contributed by atoms with van der Waals surface area (Å²) in [5.74, 6) is 0.705. The molecular formula is C12H15F3N2. The molecule has 1 fully saturated rings. The van der Waals surface area contributed by atoms with Crippen molar-refractivity contribution in [1.29, 1.82) is 0 Å². The molecule has 2 nitrogen and oxygen atoms in total. The van der Waals surface area contributed by atoms with Crippen molar-refractivity contribution in [3.63, 3.8) is 0 Å². The third-order valence-corrected chi connectivity index (χ3v) is 3.09. The van der Waals surface area contributed by atoms with Gasteiger partial charge in [-0.05, 0) is 31.5 Å². The van der Waals surface area contributed by atoms with Gasteiger partial charge in [0.25, 0.3) is 0 Å². The van der Waals surface area contributed by atoms with Crippen molar-refractivity contribution in [2.24, 2.45) is 5.92 Å². The SMILES string of the molecule is CN[C@H](CC1CC1)c1ccc(C(F)(F)F)cn1. The number of alkyl halides is 3. The first-order chi connectivity index (χ1) is 8.00. The number of rotatable bonds is 4. The Morgan fingerprint density at radius 2 is 2.12 bits per heavy atom. The second kappa shape index (κ2) is 4.64. The third-order valence-electron chi connectivity index (χ3n) is 3.09. The molecule has 0 aromatic carbocycles. The van der Waals surface area contributed by atoms with Crippen LogP contribution in [0.4, 0.5) is 13.2 Å². The number of hydrogen-bond acceptors (Lipinski definition) is 2. The fourth-order valence-electron chi connectivity index (χ4n) is 1.85. The number of aromatic nitrogens is 1. The molecule has 1 atom stereocenters. The van der Waals surface area contributed by atoms with Crippen LogP contribution >= 0.6 is 0 Å². The average molecular weight is 244 g/mol. The summed E-state index contributed by atoms with van der Waals surface area (Å²) in [6.45, 7) is 0. The van der Waals surface area contributed by atoms with E-state index in [1.54, 1.807) is 0 Å². The summed E-state index contributed by atoms with van der Waals surface area (Å²) in [5.41, 5.74) is -0.00470. The molecule has 2 rings (SSSR count). The molecule has 1 heterocycles. The molecule has 1 N–H and O–H groups in total. The van der Waals surface area contributed by atoms with Crippen molar-refractivity contribution >= 4 is 0 Å². The zero-order valence-corrected chi connectivity index (χ0v) is 9.59. The lowest BCUT2D eigenvalue weighted by atomic mass is 10.1. The third kappa shape index (κ3) is 3.19. The topological polar surface area (TPSA) is 24.9 Å². The molecule has 0 saturated heterocycles. The Balaban J connectivity index is 2.09. The Morgan fingerprint density at radius 1 is 1.41 bits per heavy atom. The zero-order valence-electron chi connectivity index (χ0n) is 9.59. The summed E-state index contributed by atoms with van der Waals surface area (Å²) in [5, 5.41) is 3.10. The molecule has 1 aromatic heterocycles. The Morgan fingerprint density at radius 3 is 2.53 bits per heavy atom. The molecule has 0 spiro atoms. The second-order valence-electron chi connectivity index (χ2n) is 4.49. The predicted octanol–water partition coefficient (Wildman–Crippen LogP) is 3.16. The minimum absolute atomic E-state index is 0.0600. The summed E-state index contributed by atoms with van der Waals surface area (Å²) in [6.07, 6.45) is -0.00374. The van der Waals surface area contributed by atoms with Crippen LogP contribution in [0.25, 0.3) is 0 Å². The summed E-state index contributed by atoms with van der Waals surface area (Å²) >= 11 is 0. The average Bonchev–Trinajstić information content (AvgIpc) is 3.09. The van der Waals surface area contributed by atoms with Crippen molar-refractivity contribution in [2.45, 2.75) is 31.5 Å². The van der Waals surface area contributed by atoms with E-state index in [9.17, 15) is 13.2 Å². The number of nitrogens with zero attached hydrogens (tertiary/aromatic N) is 1. The number of nitrogens with one attached hydrogen (secondary N) is 1. The zero-order chi connectivity index (χ0) is 12.5. The van der Waals surface area contributed by atoms with Crippen LogP contribution < -0.4 is 5.32 Å². The molecule has 1 aliphatic carbocycles. The van der Waals surface area contributed by atoms with Crippen LogP contribution in [0.3, 0.4) is 0 Å². The molecule has 0 radical (unpaired) electrons. The lowest BCUT2D eigenvalue weighted by Crippen LogP contribution is -2.18. The fourth-order valence-corrected chi connectivity index (χ4v) is 1.85. The Kier molecular flexibility index (Phi) is 3.38. The predicted molar refractivity (Wildman–Crippen MR) is 58.4 cm³/mol. The molecule has 17 heavy (non-hydrogen) atoms. The van der Waals surface area contributed by atoms with Gasteiger partial charge in [0, 0.05) is 12.2 Å². The van der Waals surface area contributed by atoms with Gasteiger partial charge in [-0.2, -0.15) is 13.2 Å². The van der Waals surface area contributed by atoms with Crippen molar-refractivity contribution in [3.8, 4) is 0 Å². The Bertz CT molecular complexity index is 368. The molecule has 0 unspecified atom stereocenters. The van der Waals surface area contributed by atoms with E-state index in [4.69, 9.17) is 0 Å². The van der Waals surface area contributed by atoms with Crippen molar-refractivity contribution in [3.05, 3.63) is 29.6 Å². The van der Waals surface area contributed by atoms with Gasteiger partial charge in [-0.15, -0.1) is 0 Å². The molecule has 1 aliphatic rings. The van der Waals surface area contributed by atoms with E-state index >= 15 is 0 Å². The molecule has 0 aliphatic heterocycles. The lowest BCUT2D eigenvalue weighted by Gasteiger charge is -2.16. The van der Waals surface area contributed by atoms with E-state index in [1.165, 1.54) is 18.9 Å². The summed E-state index contributed by atoms with van der Waals surface area (Å²) < 4.78 is 37.1. The van der Waals surface area contributed by atoms with Gasteiger partial charge in [0.1, 0.15) is 0 Å². The van der Waals surface area contributed by atoms with Crippen molar-refractivity contribution < 1.29 is 13.2 Å². The van der Waals surface area contributed by atoms with Crippen molar-refractivity contribution in [1.82, 2.24) is 10.3 Å². The molecule has 94 valence electrons. The van der Waals surface area contributed by atoms with Gasteiger partial charge < -0.3 is 5.32 Å². The summed E-state index contributed by atoms with van der Waals surface area (Å²) in [6, 6.07) is 2.62. The van der Waals surface area contributed by atoms with E-state index in [2.05, 4.69) is 10.3 Å². The van der Waals surface area contributed by atoms with Crippen LogP contribution in [0.5, 0.6) is 0 Å². The van der Waals surface area contributed by atoms with Crippen LogP contribution in [0, 0.1) is 5.92 Å². The number of halogens is 3. The normalized spacial score (nSPS) is 18.1. The van der Waals surface area contributed by atoms with Crippen LogP contribution in [-0.4, -0.2) is 12.0 Å². The van der Waals surface area contributed by atoms with Gasteiger partial charge in [-0.25, -0.2) is 0 Å². The highest BCUT2D eigenvalue weighted by Gasteiger charge is 2.31. The second-order valence-corrected chi connectivity index (χ2v) is 4.49. The molecule has 5 heteroatoms. The summed E-state index contributed by atoms with van der Waals surface area (Å²) in [4.78, 5) is 3.91. The van der Waals surface area contributed by atoms with E-state index in [0.717, 1.165) is 18.7 Å². The molecular weight excluding hydrogens is 229 g/mol. The first kappa shape index (κ1) is 12.4. The molecule has 0 bridgehead atoms. The number of pyridine rings is 1. The Hall–Kier alpha value is -1.10. The van der Waals surface area contributed by atoms with Crippen molar-refractivity contribution in [2.75, 3.05) is 7.05 Å². The monoisotopic (exact) mass is 244 g/mol. The first-order valence-electron chi connectivity index (χ1n) is 5.71. The van der Waals surface area contributed by atoms with E-state index in [1.807, 2.05) is 7.05 Å². The fraction of sp³-hybridized carbons (Fsp3) is 0.583. The summed E-state index contributed by atoms with van der Waals surface area (Å²) in [7, 11) is 1.81. The van der Waals surface area contributed by atoms with Gasteiger partial charge in [0.2, 0.25) is 0 Å². The van der Waals surface area contributed by atoms with Gasteiger partial charge in [-0.3, -0.25) is 4.98 Å². The largest absolute Gasteiger partial charge is 0.417 e. The lowest BCUT2D eigenvalue weighted by molar-refractivity contribution is -0.137.